The van der Waals surface area contributed by atoms with Crippen LogP contribution in [0, 0.1) is 0 Å². The molecule has 2 heteroatoms. The van der Waals surface area contributed by atoms with Gasteiger partial charge < -0.3 is 5.32 Å². The predicted octanol–water partition coefficient (Wildman–Crippen LogP) is 3.62. The largest absolute Gasteiger partial charge is 0.313 e. The van der Waals surface area contributed by atoms with Crippen molar-refractivity contribution in [3.05, 3.63) is 46.8 Å². The Kier molecular flexibility index (Phi) is 2.54. The van der Waals surface area contributed by atoms with Crippen LogP contribution in [-0.4, -0.2) is 7.05 Å². The molecule has 82 valence electrons. The second-order valence-electron chi connectivity index (χ2n) is 4.27. The van der Waals surface area contributed by atoms with E-state index in [1.807, 2.05) is 18.4 Å². The first kappa shape index (κ1) is 10.1. The molecule has 1 aromatic carbocycles. The van der Waals surface area contributed by atoms with E-state index in [0.29, 0.717) is 6.04 Å². The van der Waals surface area contributed by atoms with Crippen molar-refractivity contribution < 1.29 is 0 Å². The lowest BCUT2D eigenvalue weighted by atomic mass is 10.0. The Morgan fingerprint density at radius 1 is 1.31 bits per heavy atom. The lowest BCUT2D eigenvalue weighted by Gasteiger charge is -2.10. The molecule has 0 radical (unpaired) electrons. The van der Waals surface area contributed by atoms with Gasteiger partial charge in [-0.15, -0.1) is 11.3 Å². The van der Waals surface area contributed by atoms with Crippen molar-refractivity contribution in [2.45, 2.75) is 18.9 Å². The highest BCUT2D eigenvalue weighted by molar-refractivity contribution is 7.13. The Hall–Kier alpha value is -1.12. The molecule has 1 N–H and O–H groups in total. The number of hydrogen-bond acceptors (Lipinski definition) is 2. The van der Waals surface area contributed by atoms with Gasteiger partial charge in [0, 0.05) is 10.9 Å². The summed E-state index contributed by atoms with van der Waals surface area (Å²) >= 11 is 1.81. The quantitative estimate of drug-likeness (QED) is 0.829. The Morgan fingerprint density at radius 2 is 2.25 bits per heavy atom. The average Bonchev–Trinajstić information content (AvgIpc) is 2.97. The number of fused-ring (bicyclic) bond motifs is 1. The molecule has 0 aliphatic heterocycles. The molecule has 1 aliphatic carbocycles. The monoisotopic (exact) mass is 229 g/mol. The van der Waals surface area contributed by atoms with Gasteiger partial charge in [-0.1, -0.05) is 24.3 Å². The minimum Gasteiger partial charge on any atom is -0.313 e. The molecule has 1 aromatic heterocycles. The van der Waals surface area contributed by atoms with E-state index in [1.165, 1.54) is 34.4 Å². The summed E-state index contributed by atoms with van der Waals surface area (Å²) in [5.74, 6) is 0. The molecular formula is C14H15NS. The lowest BCUT2D eigenvalue weighted by molar-refractivity contribution is 0.590. The van der Waals surface area contributed by atoms with E-state index in [0.717, 1.165) is 0 Å². The van der Waals surface area contributed by atoms with Crippen LogP contribution in [0.3, 0.4) is 0 Å². The Labute approximate surface area is 100 Å². The molecule has 0 saturated heterocycles. The van der Waals surface area contributed by atoms with Gasteiger partial charge in [-0.2, -0.15) is 0 Å². The van der Waals surface area contributed by atoms with Gasteiger partial charge in [0.1, 0.15) is 0 Å². The first-order valence-corrected chi connectivity index (χ1v) is 6.60. The molecule has 0 saturated carbocycles. The van der Waals surface area contributed by atoms with Crippen molar-refractivity contribution in [3.63, 3.8) is 0 Å². The van der Waals surface area contributed by atoms with E-state index in [1.54, 1.807) is 0 Å². The summed E-state index contributed by atoms with van der Waals surface area (Å²) in [5, 5.41) is 5.51. The summed E-state index contributed by atoms with van der Waals surface area (Å²) in [7, 11) is 2.05. The van der Waals surface area contributed by atoms with Gasteiger partial charge >= 0.3 is 0 Å². The van der Waals surface area contributed by atoms with Crippen molar-refractivity contribution in [3.8, 4) is 10.4 Å². The number of thiophene rings is 1. The van der Waals surface area contributed by atoms with Crippen LogP contribution < -0.4 is 5.32 Å². The molecule has 1 atom stereocenters. The van der Waals surface area contributed by atoms with E-state index in [4.69, 9.17) is 0 Å². The third-order valence-electron chi connectivity index (χ3n) is 3.37. The van der Waals surface area contributed by atoms with Gasteiger partial charge in [-0.25, -0.2) is 0 Å². The summed E-state index contributed by atoms with van der Waals surface area (Å²) < 4.78 is 0. The summed E-state index contributed by atoms with van der Waals surface area (Å²) in [5.41, 5.74) is 4.37. The molecule has 0 spiro atoms. The minimum atomic E-state index is 0.562. The normalized spacial score (nSPS) is 18.7. The number of hydrogen-bond donors (Lipinski definition) is 1. The fraction of sp³-hybridized carbons (Fsp3) is 0.286. The molecule has 1 unspecified atom stereocenters. The van der Waals surface area contributed by atoms with Gasteiger partial charge in [0.25, 0.3) is 0 Å². The average molecular weight is 229 g/mol. The minimum absolute atomic E-state index is 0.562. The number of benzene rings is 1. The summed E-state index contributed by atoms with van der Waals surface area (Å²) in [4.78, 5) is 1.37. The second-order valence-corrected chi connectivity index (χ2v) is 5.22. The summed E-state index contributed by atoms with van der Waals surface area (Å²) in [6, 6.07) is 11.8. The molecular weight excluding hydrogens is 214 g/mol. The van der Waals surface area contributed by atoms with Crippen LogP contribution in [0.1, 0.15) is 23.6 Å². The van der Waals surface area contributed by atoms with Crippen LogP contribution in [0.2, 0.25) is 0 Å². The maximum absolute atomic E-state index is 3.38. The van der Waals surface area contributed by atoms with Crippen molar-refractivity contribution in [1.82, 2.24) is 5.32 Å². The molecule has 0 amide bonds. The van der Waals surface area contributed by atoms with E-state index in [-0.39, 0.29) is 0 Å². The van der Waals surface area contributed by atoms with Gasteiger partial charge in [0.15, 0.2) is 0 Å². The third kappa shape index (κ3) is 1.58. The lowest BCUT2D eigenvalue weighted by Crippen LogP contribution is -2.12. The highest BCUT2D eigenvalue weighted by atomic mass is 32.1. The van der Waals surface area contributed by atoms with Crippen molar-refractivity contribution in [2.24, 2.45) is 0 Å². The molecule has 0 fully saturated rings. The van der Waals surface area contributed by atoms with Gasteiger partial charge in [0.05, 0.1) is 0 Å². The van der Waals surface area contributed by atoms with Crippen LogP contribution in [0.5, 0.6) is 0 Å². The zero-order valence-electron chi connectivity index (χ0n) is 9.36. The highest BCUT2D eigenvalue weighted by Crippen LogP contribution is 2.34. The zero-order valence-corrected chi connectivity index (χ0v) is 10.2. The Morgan fingerprint density at radius 3 is 3.00 bits per heavy atom. The predicted molar refractivity (Wildman–Crippen MR) is 69.9 cm³/mol. The maximum Gasteiger partial charge on any atom is 0.0342 e. The highest BCUT2D eigenvalue weighted by Gasteiger charge is 2.20. The Balaban J connectivity index is 2.01. The van der Waals surface area contributed by atoms with Gasteiger partial charge in [-0.3, -0.25) is 0 Å². The van der Waals surface area contributed by atoms with Gasteiger partial charge in [-0.05, 0) is 48.0 Å². The van der Waals surface area contributed by atoms with Crippen LogP contribution in [0.25, 0.3) is 10.4 Å². The van der Waals surface area contributed by atoms with E-state index in [2.05, 4.69) is 41.0 Å². The molecule has 2 aromatic rings. The van der Waals surface area contributed by atoms with Crippen LogP contribution in [-0.2, 0) is 6.42 Å². The topological polar surface area (TPSA) is 12.0 Å². The fourth-order valence-corrected chi connectivity index (χ4v) is 3.24. The van der Waals surface area contributed by atoms with Gasteiger partial charge in [0.2, 0.25) is 0 Å². The van der Waals surface area contributed by atoms with Crippen LogP contribution in [0.15, 0.2) is 35.7 Å². The number of rotatable bonds is 2. The second kappa shape index (κ2) is 4.04. The third-order valence-corrected chi connectivity index (χ3v) is 4.29. The van der Waals surface area contributed by atoms with E-state index >= 15 is 0 Å². The first-order valence-electron chi connectivity index (χ1n) is 5.72. The van der Waals surface area contributed by atoms with Crippen molar-refractivity contribution >= 4 is 11.3 Å². The van der Waals surface area contributed by atoms with E-state index in [9.17, 15) is 0 Å². The molecule has 0 bridgehead atoms. The number of nitrogens with one attached hydrogen (secondary N) is 1. The maximum atomic E-state index is 3.38. The number of aryl methyl sites for hydroxylation is 1. The Bertz CT molecular complexity index is 487. The zero-order chi connectivity index (χ0) is 11.0. The van der Waals surface area contributed by atoms with Crippen LogP contribution >= 0.6 is 11.3 Å². The molecule has 3 rings (SSSR count). The van der Waals surface area contributed by atoms with Crippen LogP contribution in [0.4, 0.5) is 0 Å². The SMILES string of the molecule is CNC1CCc2cc(-c3cccs3)ccc21. The fourth-order valence-electron chi connectivity index (χ4n) is 2.51. The first-order chi connectivity index (χ1) is 7.88. The molecule has 1 aliphatic rings. The van der Waals surface area contributed by atoms with Crippen molar-refractivity contribution in [1.29, 1.82) is 0 Å². The molecule has 1 nitrogen and oxygen atoms in total. The summed E-state index contributed by atoms with van der Waals surface area (Å²) in [6.07, 6.45) is 2.44. The molecule has 1 heterocycles. The summed E-state index contributed by atoms with van der Waals surface area (Å²) in [6.45, 7) is 0. The van der Waals surface area contributed by atoms with E-state index < -0.39 is 0 Å². The smallest absolute Gasteiger partial charge is 0.0342 e. The van der Waals surface area contributed by atoms with Crippen molar-refractivity contribution in [2.75, 3.05) is 7.05 Å². The molecule has 16 heavy (non-hydrogen) atoms. The standard InChI is InChI=1S/C14H15NS/c1-15-13-7-5-10-9-11(4-6-12(10)13)14-3-2-8-16-14/h2-4,6,8-9,13,15H,5,7H2,1H3.